The van der Waals surface area contributed by atoms with Crippen LogP contribution in [0.5, 0.6) is 0 Å². The molecule has 1 aromatic rings. The molecule has 1 unspecified atom stereocenters. The van der Waals surface area contributed by atoms with Crippen LogP contribution in [-0.4, -0.2) is 23.9 Å². The molecule has 3 nitrogen and oxygen atoms in total. The molecule has 0 radical (unpaired) electrons. The van der Waals surface area contributed by atoms with Gasteiger partial charge in [0.05, 0.1) is 17.4 Å². The van der Waals surface area contributed by atoms with Gasteiger partial charge in [-0.15, -0.1) is 0 Å². The number of hydrogen-bond acceptors (Lipinski definition) is 2. The Kier molecular flexibility index (Phi) is 3.71. The maximum Gasteiger partial charge on any atom is 0.230 e. The number of nitrogens with zero attached hydrogens (tertiary/aromatic N) is 2. The van der Waals surface area contributed by atoms with E-state index < -0.39 is 0 Å². The molecule has 1 amide bonds. The Morgan fingerprint density at radius 3 is 2.76 bits per heavy atom. The molecule has 1 fully saturated rings. The fourth-order valence-corrected chi connectivity index (χ4v) is 3.56. The van der Waals surface area contributed by atoms with Gasteiger partial charge in [0.15, 0.2) is 0 Å². The average Bonchev–Trinajstić information content (AvgIpc) is 2.54. The van der Waals surface area contributed by atoms with Crippen molar-refractivity contribution in [3.05, 3.63) is 35.4 Å². The third kappa shape index (κ3) is 2.68. The molecule has 1 aliphatic carbocycles. The van der Waals surface area contributed by atoms with Crippen molar-refractivity contribution in [3.63, 3.8) is 0 Å². The molecule has 1 heterocycles. The molecule has 0 spiro atoms. The fourth-order valence-electron chi connectivity index (χ4n) is 3.56. The second kappa shape index (κ2) is 5.52. The van der Waals surface area contributed by atoms with Gasteiger partial charge in [0, 0.05) is 13.1 Å². The predicted octanol–water partition coefficient (Wildman–Crippen LogP) is 3.26. The second-order valence-electron chi connectivity index (χ2n) is 6.64. The summed E-state index contributed by atoms with van der Waals surface area (Å²) < 4.78 is 0. The van der Waals surface area contributed by atoms with Crippen LogP contribution in [0.4, 0.5) is 0 Å². The summed E-state index contributed by atoms with van der Waals surface area (Å²) in [5, 5.41) is 9.20. The van der Waals surface area contributed by atoms with Crippen molar-refractivity contribution >= 4 is 5.91 Å². The molecule has 0 saturated carbocycles. The van der Waals surface area contributed by atoms with Gasteiger partial charge in [-0.1, -0.05) is 24.3 Å². The predicted molar refractivity (Wildman–Crippen MR) is 81.7 cm³/mol. The van der Waals surface area contributed by atoms with Gasteiger partial charge >= 0.3 is 0 Å². The minimum absolute atomic E-state index is 0.0291. The number of carbonyl (C=O) groups is 1. The van der Waals surface area contributed by atoms with E-state index in [1.54, 1.807) is 0 Å². The lowest BCUT2D eigenvalue weighted by Crippen LogP contribution is -2.44. The maximum absolute atomic E-state index is 12.9. The first-order valence-corrected chi connectivity index (χ1v) is 7.91. The smallest absolute Gasteiger partial charge is 0.230 e. The minimum Gasteiger partial charge on any atom is -0.342 e. The van der Waals surface area contributed by atoms with Crippen molar-refractivity contribution in [1.82, 2.24) is 4.90 Å². The van der Waals surface area contributed by atoms with Crippen molar-refractivity contribution in [1.29, 1.82) is 5.26 Å². The van der Waals surface area contributed by atoms with Crippen LogP contribution >= 0.6 is 0 Å². The van der Waals surface area contributed by atoms with E-state index >= 15 is 0 Å². The van der Waals surface area contributed by atoms with E-state index in [0.717, 1.165) is 45.2 Å². The summed E-state index contributed by atoms with van der Waals surface area (Å²) in [4.78, 5) is 14.8. The van der Waals surface area contributed by atoms with E-state index in [0.29, 0.717) is 0 Å². The molecule has 0 bridgehead atoms. The summed E-state index contributed by atoms with van der Waals surface area (Å²) in [6.07, 6.45) is 4.73. The van der Waals surface area contributed by atoms with Crippen LogP contribution < -0.4 is 0 Å². The summed E-state index contributed by atoms with van der Waals surface area (Å²) >= 11 is 0. The van der Waals surface area contributed by atoms with E-state index in [1.807, 2.05) is 17.9 Å². The van der Waals surface area contributed by atoms with Crippen molar-refractivity contribution in [2.45, 2.75) is 44.9 Å². The molecule has 110 valence electrons. The second-order valence-corrected chi connectivity index (χ2v) is 6.64. The van der Waals surface area contributed by atoms with E-state index in [-0.39, 0.29) is 17.2 Å². The number of piperidine rings is 1. The minimum atomic E-state index is -0.249. The van der Waals surface area contributed by atoms with Gasteiger partial charge in [-0.3, -0.25) is 4.79 Å². The largest absolute Gasteiger partial charge is 0.342 e. The van der Waals surface area contributed by atoms with Crippen LogP contribution in [0.1, 0.15) is 49.7 Å². The summed E-state index contributed by atoms with van der Waals surface area (Å²) in [5.74, 6) is 0.295. The maximum atomic E-state index is 12.9. The quantitative estimate of drug-likeness (QED) is 0.793. The molecule has 0 N–H and O–H groups in total. The highest BCUT2D eigenvalue weighted by molar-refractivity contribution is 5.84. The highest BCUT2D eigenvalue weighted by Gasteiger charge is 2.35. The van der Waals surface area contributed by atoms with Crippen molar-refractivity contribution in [2.24, 2.45) is 5.41 Å². The molecule has 3 heteroatoms. The molecule has 3 rings (SSSR count). The number of aryl methyl sites for hydroxylation is 1. The number of likely N-dealkylation sites (tertiary alicyclic amines) is 1. The third-order valence-corrected chi connectivity index (χ3v) is 5.12. The summed E-state index contributed by atoms with van der Waals surface area (Å²) in [6, 6.07) is 10.8. The molecular formula is C18H22N2O. The Morgan fingerprint density at radius 1 is 1.33 bits per heavy atom. The molecule has 2 aliphatic rings. The Bertz CT molecular complexity index is 579. The number of nitriles is 1. The zero-order chi connectivity index (χ0) is 14.9. The number of benzene rings is 1. The van der Waals surface area contributed by atoms with Gasteiger partial charge < -0.3 is 4.90 Å². The van der Waals surface area contributed by atoms with Crippen LogP contribution in [0.15, 0.2) is 24.3 Å². The first kappa shape index (κ1) is 14.1. The normalized spacial score (nSPS) is 24.0. The summed E-state index contributed by atoms with van der Waals surface area (Å²) in [5.41, 5.74) is 2.31. The van der Waals surface area contributed by atoms with Gasteiger partial charge in [-0.25, -0.2) is 0 Å². The highest BCUT2D eigenvalue weighted by atomic mass is 16.2. The van der Waals surface area contributed by atoms with Gasteiger partial charge in [0.2, 0.25) is 5.91 Å². The molecule has 1 atom stereocenters. The molecule has 1 saturated heterocycles. The lowest BCUT2D eigenvalue weighted by atomic mass is 9.79. The Hall–Kier alpha value is -1.82. The van der Waals surface area contributed by atoms with Crippen molar-refractivity contribution < 1.29 is 4.79 Å². The Labute approximate surface area is 126 Å². The zero-order valence-electron chi connectivity index (χ0n) is 12.6. The lowest BCUT2D eigenvalue weighted by molar-refractivity contribution is -0.135. The average molecular weight is 282 g/mol. The van der Waals surface area contributed by atoms with Gasteiger partial charge in [-0.2, -0.15) is 5.26 Å². The van der Waals surface area contributed by atoms with Crippen LogP contribution in [0.25, 0.3) is 0 Å². The first-order valence-electron chi connectivity index (χ1n) is 7.91. The first-order chi connectivity index (χ1) is 10.1. The van der Waals surface area contributed by atoms with Crippen molar-refractivity contribution in [3.8, 4) is 6.07 Å². The fraction of sp³-hybridized carbons (Fsp3) is 0.556. The number of rotatable bonds is 1. The van der Waals surface area contributed by atoms with E-state index in [9.17, 15) is 10.1 Å². The Balaban J connectivity index is 1.74. The number of carbonyl (C=O) groups excluding carboxylic acids is 1. The molecule has 0 aromatic heterocycles. The van der Waals surface area contributed by atoms with Crippen LogP contribution in [0, 0.1) is 16.7 Å². The van der Waals surface area contributed by atoms with E-state index in [1.165, 1.54) is 11.1 Å². The third-order valence-electron chi connectivity index (χ3n) is 5.12. The standard InChI is InChI=1S/C18H22N2O/c1-18(13-19)9-11-20(12-10-18)17(21)16-8-4-6-14-5-2-3-7-15(14)16/h2-3,5,7,16H,4,6,8-12H2,1H3. The molecule has 1 aliphatic heterocycles. The number of fused-ring (bicyclic) bond motifs is 1. The van der Waals surface area contributed by atoms with E-state index in [4.69, 9.17) is 0 Å². The number of amides is 1. The lowest BCUT2D eigenvalue weighted by Gasteiger charge is -2.37. The topological polar surface area (TPSA) is 44.1 Å². The Morgan fingerprint density at radius 2 is 2.05 bits per heavy atom. The molecule has 1 aromatic carbocycles. The summed E-state index contributed by atoms with van der Waals surface area (Å²) in [6.45, 7) is 3.45. The van der Waals surface area contributed by atoms with E-state index in [2.05, 4.69) is 24.3 Å². The van der Waals surface area contributed by atoms with Crippen LogP contribution in [-0.2, 0) is 11.2 Å². The SMILES string of the molecule is CC1(C#N)CCN(C(=O)C2CCCc3ccccc32)CC1. The van der Waals surface area contributed by atoms with Crippen LogP contribution in [0.2, 0.25) is 0 Å². The van der Waals surface area contributed by atoms with Gasteiger partial charge in [0.1, 0.15) is 0 Å². The monoisotopic (exact) mass is 282 g/mol. The van der Waals surface area contributed by atoms with Gasteiger partial charge in [-0.05, 0) is 50.2 Å². The van der Waals surface area contributed by atoms with Crippen molar-refractivity contribution in [2.75, 3.05) is 13.1 Å². The highest BCUT2D eigenvalue weighted by Crippen LogP contribution is 2.35. The number of hydrogen-bond donors (Lipinski definition) is 0. The summed E-state index contributed by atoms with van der Waals surface area (Å²) in [7, 11) is 0. The van der Waals surface area contributed by atoms with Gasteiger partial charge in [0.25, 0.3) is 0 Å². The molecular weight excluding hydrogens is 260 g/mol. The molecule has 21 heavy (non-hydrogen) atoms. The van der Waals surface area contributed by atoms with Crippen LogP contribution in [0.3, 0.4) is 0 Å². The zero-order valence-corrected chi connectivity index (χ0v) is 12.6.